The van der Waals surface area contributed by atoms with Crippen LogP contribution in [0, 0.1) is 17.8 Å². The molecule has 0 amide bonds. The smallest absolute Gasteiger partial charge is 0.0254 e. The predicted molar refractivity (Wildman–Crippen MR) is 66.4 cm³/mol. The molecule has 2 unspecified atom stereocenters. The Bertz CT molecular complexity index is 177. The van der Waals surface area contributed by atoms with E-state index in [9.17, 15) is 0 Å². The fourth-order valence-corrected chi connectivity index (χ4v) is 3.68. The highest BCUT2D eigenvalue weighted by molar-refractivity contribution is 6.18. The third kappa shape index (κ3) is 3.35. The SMILES string of the molecule is ClCC1CCCC1CNCC1CCCC1. The zero-order chi connectivity index (χ0) is 10.5. The van der Waals surface area contributed by atoms with Gasteiger partial charge in [-0.25, -0.2) is 0 Å². The second kappa shape index (κ2) is 6.10. The van der Waals surface area contributed by atoms with Crippen LogP contribution in [-0.4, -0.2) is 19.0 Å². The maximum absolute atomic E-state index is 5.98. The van der Waals surface area contributed by atoms with Crippen molar-refractivity contribution in [2.24, 2.45) is 17.8 Å². The van der Waals surface area contributed by atoms with Gasteiger partial charge in [-0.3, -0.25) is 0 Å². The molecule has 2 aliphatic rings. The fraction of sp³-hybridized carbons (Fsp3) is 1.00. The van der Waals surface area contributed by atoms with Crippen LogP contribution in [0.2, 0.25) is 0 Å². The minimum Gasteiger partial charge on any atom is -0.316 e. The second-order valence-electron chi connectivity index (χ2n) is 5.41. The monoisotopic (exact) mass is 229 g/mol. The van der Waals surface area contributed by atoms with Crippen molar-refractivity contribution < 1.29 is 0 Å². The topological polar surface area (TPSA) is 12.0 Å². The molecule has 1 N–H and O–H groups in total. The zero-order valence-corrected chi connectivity index (χ0v) is 10.4. The van der Waals surface area contributed by atoms with Crippen molar-refractivity contribution in [3.8, 4) is 0 Å². The molecule has 0 saturated heterocycles. The Balaban J connectivity index is 1.60. The predicted octanol–water partition coefficient (Wildman–Crippen LogP) is 3.42. The van der Waals surface area contributed by atoms with Crippen molar-refractivity contribution in [2.75, 3.05) is 19.0 Å². The van der Waals surface area contributed by atoms with Gasteiger partial charge in [-0.15, -0.1) is 11.6 Å². The molecule has 2 saturated carbocycles. The number of hydrogen-bond acceptors (Lipinski definition) is 1. The van der Waals surface area contributed by atoms with Crippen LogP contribution in [0.3, 0.4) is 0 Å². The summed E-state index contributed by atoms with van der Waals surface area (Å²) in [4.78, 5) is 0. The van der Waals surface area contributed by atoms with E-state index in [0.29, 0.717) is 0 Å². The molecule has 0 radical (unpaired) electrons. The summed E-state index contributed by atoms with van der Waals surface area (Å²) < 4.78 is 0. The average molecular weight is 230 g/mol. The van der Waals surface area contributed by atoms with Gasteiger partial charge in [0.2, 0.25) is 0 Å². The maximum Gasteiger partial charge on any atom is 0.0254 e. The van der Waals surface area contributed by atoms with Crippen molar-refractivity contribution in [3.05, 3.63) is 0 Å². The molecule has 1 nitrogen and oxygen atoms in total. The zero-order valence-electron chi connectivity index (χ0n) is 9.68. The summed E-state index contributed by atoms with van der Waals surface area (Å²) in [5.74, 6) is 3.50. The summed E-state index contributed by atoms with van der Waals surface area (Å²) in [5.41, 5.74) is 0. The Labute approximate surface area is 99.0 Å². The van der Waals surface area contributed by atoms with Crippen molar-refractivity contribution in [1.82, 2.24) is 5.32 Å². The summed E-state index contributed by atoms with van der Waals surface area (Å²) in [7, 11) is 0. The molecule has 88 valence electrons. The Morgan fingerprint density at radius 3 is 2.33 bits per heavy atom. The lowest BCUT2D eigenvalue weighted by molar-refractivity contribution is 0.376. The van der Waals surface area contributed by atoms with Crippen LogP contribution >= 0.6 is 11.6 Å². The number of nitrogens with one attached hydrogen (secondary N) is 1. The fourth-order valence-electron chi connectivity index (χ4n) is 3.27. The minimum absolute atomic E-state index is 0.794. The van der Waals surface area contributed by atoms with Gasteiger partial charge in [0.05, 0.1) is 0 Å². The Morgan fingerprint density at radius 2 is 1.60 bits per heavy atom. The molecular formula is C13H24ClN. The van der Waals surface area contributed by atoms with Crippen molar-refractivity contribution >= 4 is 11.6 Å². The molecule has 2 fully saturated rings. The van der Waals surface area contributed by atoms with Gasteiger partial charge >= 0.3 is 0 Å². The summed E-state index contributed by atoms with van der Waals surface area (Å²) >= 11 is 5.98. The van der Waals surface area contributed by atoms with Crippen LogP contribution in [-0.2, 0) is 0 Å². The first kappa shape index (κ1) is 11.7. The molecule has 0 spiro atoms. The molecule has 0 aromatic rings. The van der Waals surface area contributed by atoms with Gasteiger partial charge in [-0.2, -0.15) is 0 Å². The summed E-state index contributed by atoms with van der Waals surface area (Å²) in [6.07, 6.45) is 9.98. The number of alkyl halides is 1. The van der Waals surface area contributed by atoms with Crippen molar-refractivity contribution in [3.63, 3.8) is 0 Å². The van der Waals surface area contributed by atoms with Gasteiger partial charge in [0.25, 0.3) is 0 Å². The molecule has 0 aliphatic heterocycles. The van der Waals surface area contributed by atoms with Gasteiger partial charge in [-0.1, -0.05) is 19.3 Å². The highest BCUT2D eigenvalue weighted by atomic mass is 35.5. The summed E-state index contributed by atoms with van der Waals surface area (Å²) in [6.45, 7) is 2.47. The standard InChI is InChI=1S/C13H24ClN/c14-8-12-6-3-7-13(12)10-15-9-11-4-1-2-5-11/h11-13,15H,1-10H2. The van der Waals surface area contributed by atoms with Gasteiger partial charge < -0.3 is 5.32 Å². The normalized spacial score (nSPS) is 32.6. The van der Waals surface area contributed by atoms with E-state index < -0.39 is 0 Å². The van der Waals surface area contributed by atoms with E-state index in [1.807, 2.05) is 0 Å². The maximum atomic E-state index is 5.98. The molecule has 2 atom stereocenters. The van der Waals surface area contributed by atoms with Gasteiger partial charge in [0, 0.05) is 5.88 Å². The lowest BCUT2D eigenvalue weighted by Crippen LogP contribution is -2.29. The Hall–Kier alpha value is 0.250. The average Bonchev–Trinajstić information content (AvgIpc) is 2.88. The second-order valence-corrected chi connectivity index (χ2v) is 5.72. The molecule has 0 heterocycles. The number of halogens is 1. The molecule has 2 aliphatic carbocycles. The quantitative estimate of drug-likeness (QED) is 0.713. The number of hydrogen-bond donors (Lipinski definition) is 1. The minimum atomic E-state index is 0.794. The van der Waals surface area contributed by atoms with Gasteiger partial charge in [0.15, 0.2) is 0 Å². The molecular weight excluding hydrogens is 206 g/mol. The first-order chi connectivity index (χ1) is 7.40. The van der Waals surface area contributed by atoms with Gasteiger partial charge in [0.1, 0.15) is 0 Å². The van der Waals surface area contributed by atoms with Gasteiger partial charge in [-0.05, 0) is 56.5 Å². The molecule has 2 rings (SSSR count). The molecule has 2 heteroatoms. The van der Waals surface area contributed by atoms with E-state index in [2.05, 4.69) is 5.32 Å². The van der Waals surface area contributed by atoms with E-state index in [4.69, 9.17) is 11.6 Å². The highest BCUT2D eigenvalue weighted by Crippen LogP contribution is 2.32. The van der Waals surface area contributed by atoms with Crippen molar-refractivity contribution in [2.45, 2.75) is 44.9 Å². The third-order valence-electron chi connectivity index (χ3n) is 4.33. The summed E-state index contributed by atoms with van der Waals surface area (Å²) in [5, 5.41) is 3.67. The number of rotatable bonds is 5. The largest absolute Gasteiger partial charge is 0.316 e. The lowest BCUT2D eigenvalue weighted by Gasteiger charge is -2.19. The Morgan fingerprint density at radius 1 is 0.867 bits per heavy atom. The first-order valence-corrected chi connectivity index (χ1v) is 7.20. The van der Waals surface area contributed by atoms with Crippen molar-refractivity contribution in [1.29, 1.82) is 0 Å². The molecule has 0 bridgehead atoms. The van der Waals surface area contributed by atoms with Crippen LogP contribution in [0.15, 0.2) is 0 Å². The van der Waals surface area contributed by atoms with Crippen LogP contribution < -0.4 is 5.32 Å². The van der Waals surface area contributed by atoms with E-state index in [1.165, 1.54) is 58.0 Å². The highest BCUT2D eigenvalue weighted by Gasteiger charge is 2.26. The van der Waals surface area contributed by atoms with E-state index in [-0.39, 0.29) is 0 Å². The molecule has 0 aromatic carbocycles. The van der Waals surface area contributed by atoms with Crippen LogP contribution in [0.4, 0.5) is 0 Å². The van der Waals surface area contributed by atoms with Crippen LogP contribution in [0.25, 0.3) is 0 Å². The van der Waals surface area contributed by atoms with E-state index in [0.717, 1.165) is 23.6 Å². The van der Waals surface area contributed by atoms with E-state index >= 15 is 0 Å². The molecule has 15 heavy (non-hydrogen) atoms. The first-order valence-electron chi connectivity index (χ1n) is 6.67. The third-order valence-corrected chi connectivity index (χ3v) is 4.73. The lowest BCUT2D eigenvalue weighted by atomic mass is 9.97. The van der Waals surface area contributed by atoms with Crippen LogP contribution in [0.1, 0.15) is 44.9 Å². The van der Waals surface area contributed by atoms with E-state index in [1.54, 1.807) is 0 Å². The molecule has 0 aromatic heterocycles. The Kier molecular flexibility index (Phi) is 4.77. The summed E-state index contributed by atoms with van der Waals surface area (Å²) in [6, 6.07) is 0. The van der Waals surface area contributed by atoms with Crippen LogP contribution in [0.5, 0.6) is 0 Å².